The maximum Gasteiger partial charge on any atom is 0.246 e. The topological polar surface area (TPSA) is 445 Å². The monoisotopic (exact) mass is 1010 g/mol. The first-order valence-corrected chi connectivity index (χ1v) is 23.5. The first-order valence-electron chi connectivity index (χ1n) is 23.5. The number of carbonyl (C=O) groups excluding carboxylic acids is 9. The molecule has 1 aromatic carbocycles. The highest BCUT2D eigenvalue weighted by Crippen LogP contribution is 2.20. The van der Waals surface area contributed by atoms with Gasteiger partial charge in [-0.05, 0) is 56.9 Å². The van der Waals surface area contributed by atoms with E-state index in [1.807, 2.05) is 0 Å². The Kier molecular flexibility index (Phi) is 23.8. The number of nitrogens with zero attached hydrogens (tertiary/aromatic N) is 4. The van der Waals surface area contributed by atoms with Crippen LogP contribution in [0.5, 0.6) is 0 Å². The molecule has 0 unspecified atom stereocenters. The molecule has 1 fully saturated rings. The van der Waals surface area contributed by atoms with E-state index in [4.69, 9.17) is 28.7 Å². The molecule has 3 rings (SSSR count). The number of imidazole rings is 1. The Balaban J connectivity index is 1.82. The number of primary amides is 1. The molecule has 1 saturated heterocycles. The zero-order chi connectivity index (χ0) is 53.5. The molecule has 2 aromatic rings. The van der Waals surface area contributed by atoms with Crippen LogP contribution in [-0.2, 0) is 56.0 Å². The average Bonchev–Trinajstić information content (AvgIpc) is 4.04. The van der Waals surface area contributed by atoms with Crippen LogP contribution in [0.3, 0.4) is 0 Å². The molecule has 72 heavy (non-hydrogen) atoms. The first-order chi connectivity index (χ1) is 34.1. The third-order valence-electron chi connectivity index (χ3n) is 11.4. The number of aliphatic hydroxyl groups excluding tert-OH is 1. The van der Waals surface area contributed by atoms with Crippen LogP contribution in [0.15, 0.2) is 52.8 Å². The van der Waals surface area contributed by atoms with Crippen LogP contribution in [0, 0.1) is 5.92 Å². The molecule has 0 saturated carbocycles. The van der Waals surface area contributed by atoms with Gasteiger partial charge in [0.15, 0.2) is 11.9 Å². The van der Waals surface area contributed by atoms with E-state index in [0.29, 0.717) is 24.1 Å². The maximum atomic E-state index is 14.3. The van der Waals surface area contributed by atoms with Gasteiger partial charge in [-0.25, -0.2) is 4.98 Å². The summed E-state index contributed by atoms with van der Waals surface area (Å²) in [6.07, 6.45) is 3.88. The van der Waals surface area contributed by atoms with Crippen LogP contribution in [0.2, 0.25) is 0 Å². The van der Waals surface area contributed by atoms with E-state index in [0.717, 1.165) is 0 Å². The Morgan fingerprint density at radius 1 is 0.708 bits per heavy atom. The van der Waals surface area contributed by atoms with Crippen molar-refractivity contribution in [3.8, 4) is 0 Å². The lowest BCUT2D eigenvalue weighted by Crippen LogP contribution is -2.61. The van der Waals surface area contributed by atoms with Crippen LogP contribution in [-0.4, -0.2) is 160 Å². The molecule has 1 aromatic heterocycles. The van der Waals surface area contributed by atoms with Crippen molar-refractivity contribution in [3.63, 3.8) is 0 Å². The summed E-state index contributed by atoms with van der Waals surface area (Å²) in [6.45, 7) is 5.34. The van der Waals surface area contributed by atoms with Gasteiger partial charge in [-0.1, -0.05) is 44.2 Å². The zero-order valence-corrected chi connectivity index (χ0v) is 41.0. The first kappa shape index (κ1) is 58.5. The predicted octanol–water partition coefficient (Wildman–Crippen LogP) is -5.14. The van der Waals surface area contributed by atoms with E-state index in [1.54, 1.807) is 44.2 Å². The number of rotatable bonds is 29. The van der Waals surface area contributed by atoms with E-state index in [2.05, 4.69) is 57.2 Å². The number of nitrogens with one attached hydrogen (secondary N) is 8. The second-order valence-corrected chi connectivity index (χ2v) is 17.6. The van der Waals surface area contributed by atoms with Crippen molar-refractivity contribution in [2.45, 2.75) is 127 Å². The molecule has 8 atom stereocenters. The van der Waals surface area contributed by atoms with Crippen LogP contribution in [0.4, 0.5) is 0 Å². The van der Waals surface area contributed by atoms with Gasteiger partial charge in [-0.3, -0.25) is 53.1 Å². The summed E-state index contributed by atoms with van der Waals surface area (Å²) in [5, 5.41) is 28.6. The van der Waals surface area contributed by atoms with Gasteiger partial charge in [0.25, 0.3) is 0 Å². The number of aliphatic imine (C=N–C) groups is 2. The van der Waals surface area contributed by atoms with Crippen LogP contribution < -0.4 is 65.9 Å². The van der Waals surface area contributed by atoms with Gasteiger partial charge in [0, 0.05) is 51.3 Å². The van der Waals surface area contributed by atoms with Crippen LogP contribution in [0.1, 0.15) is 77.5 Å². The number of aliphatic hydroxyl groups is 1. The third kappa shape index (κ3) is 19.5. The number of nitrogens with two attached hydrogens (primary N) is 5. The van der Waals surface area contributed by atoms with Gasteiger partial charge < -0.3 is 80.9 Å². The number of likely N-dealkylation sites (tertiary alicyclic amines) is 1. The minimum Gasteiger partial charge on any atom is -0.394 e. The van der Waals surface area contributed by atoms with E-state index >= 15 is 0 Å². The highest BCUT2D eigenvalue weighted by Gasteiger charge is 2.40. The predicted molar refractivity (Wildman–Crippen MR) is 263 cm³/mol. The highest BCUT2D eigenvalue weighted by molar-refractivity contribution is 5.98. The Morgan fingerprint density at radius 2 is 1.26 bits per heavy atom. The summed E-state index contributed by atoms with van der Waals surface area (Å²) >= 11 is 0. The Hall–Kier alpha value is -7.84. The number of H-pyrrole nitrogens is 1. The molecule has 2 heterocycles. The van der Waals surface area contributed by atoms with Crippen molar-refractivity contribution in [1.29, 1.82) is 0 Å². The fourth-order valence-electron chi connectivity index (χ4n) is 7.61. The van der Waals surface area contributed by atoms with E-state index < -0.39 is 114 Å². The van der Waals surface area contributed by atoms with Gasteiger partial charge >= 0.3 is 0 Å². The summed E-state index contributed by atoms with van der Waals surface area (Å²) in [5.74, 6) is -7.65. The maximum absolute atomic E-state index is 14.3. The van der Waals surface area contributed by atoms with Gasteiger partial charge in [0.1, 0.15) is 48.3 Å². The summed E-state index contributed by atoms with van der Waals surface area (Å²) in [5.41, 5.74) is 28.1. The number of aromatic amines is 1. The second-order valence-electron chi connectivity index (χ2n) is 17.6. The molecule has 9 amide bonds. The van der Waals surface area contributed by atoms with E-state index in [-0.39, 0.29) is 70.1 Å². The fourth-order valence-corrected chi connectivity index (χ4v) is 7.61. The average molecular weight is 1010 g/mol. The van der Waals surface area contributed by atoms with Crippen molar-refractivity contribution in [1.82, 2.24) is 52.1 Å². The number of guanidine groups is 2. The van der Waals surface area contributed by atoms with Crippen LogP contribution >= 0.6 is 0 Å². The van der Waals surface area contributed by atoms with Gasteiger partial charge in [-0.15, -0.1) is 0 Å². The molecule has 27 nitrogen and oxygen atoms in total. The summed E-state index contributed by atoms with van der Waals surface area (Å²) < 4.78 is 0. The minimum atomic E-state index is -1.63. The molecule has 0 spiro atoms. The Labute approximate surface area is 416 Å². The molecular formula is C45H71N17O10. The van der Waals surface area contributed by atoms with Crippen molar-refractivity contribution in [3.05, 3.63) is 54.1 Å². The second kappa shape index (κ2) is 29.4. The van der Waals surface area contributed by atoms with Crippen molar-refractivity contribution in [2.75, 3.05) is 26.2 Å². The molecule has 396 valence electrons. The molecule has 1 aliphatic rings. The molecular weight excluding hydrogens is 939 g/mol. The smallest absolute Gasteiger partial charge is 0.246 e. The van der Waals surface area contributed by atoms with Gasteiger partial charge in [-0.2, -0.15) is 0 Å². The molecule has 0 bridgehead atoms. The lowest BCUT2D eigenvalue weighted by Gasteiger charge is -2.31. The number of hydrogen-bond donors (Lipinski definition) is 14. The molecule has 19 N–H and O–H groups in total. The lowest BCUT2D eigenvalue weighted by molar-refractivity contribution is -0.142. The number of benzene rings is 1. The third-order valence-corrected chi connectivity index (χ3v) is 11.4. The molecule has 1 aliphatic heterocycles. The summed E-state index contributed by atoms with van der Waals surface area (Å²) in [7, 11) is 0. The molecule has 0 aliphatic carbocycles. The Morgan fingerprint density at radius 3 is 1.81 bits per heavy atom. The Bertz CT molecular complexity index is 2220. The fraction of sp³-hybridized carbons (Fsp3) is 0.556. The molecule has 0 radical (unpaired) electrons. The highest BCUT2D eigenvalue weighted by atomic mass is 16.3. The number of amides is 9. The normalized spacial score (nSPS) is 16.0. The lowest BCUT2D eigenvalue weighted by atomic mass is 10.00. The largest absolute Gasteiger partial charge is 0.394 e. The number of hydrogen-bond acceptors (Lipinski definition) is 13. The van der Waals surface area contributed by atoms with Crippen molar-refractivity contribution < 1.29 is 48.3 Å². The van der Waals surface area contributed by atoms with Crippen molar-refractivity contribution >= 4 is 65.1 Å². The summed E-state index contributed by atoms with van der Waals surface area (Å²) in [6, 6.07) is -1.50. The van der Waals surface area contributed by atoms with Crippen LogP contribution in [0.25, 0.3) is 0 Å². The van der Waals surface area contributed by atoms with Crippen molar-refractivity contribution in [2.24, 2.45) is 44.6 Å². The minimum absolute atomic E-state index is 0.0265. The number of carbonyl (C=O) groups is 9. The molecule has 27 heteroatoms. The number of aromatic nitrogens is 2. The standard InChI is InChI=1S/C45H71N17O10/c1-24(2)35(42(71)57-30(14-9-17-53-45(49)50)37(66)55-25(3)36(46)65)61-39(68)31(19-27-11-6-5-7-12-27)58-40(69)33(22-63)60-41(70)34-15-10-18-62(34)43(72)32(20-28-21-51-23-54-28)59-38(67)29(56-26(4)64)13-8-16-52-44(47)48/h5-7,11-12,21,23-25,29-35,63H,8-10,13-20,22H2,1-4H3,(H2,46,65)(H,51,54)(H,55,66)(H,56,64)(H,57,71)(H,58,69)(H,59,67)(H,60,70)(H,61,68)(H4,47,48,52)(H4,49,50,53)/t25-,29-,30-,31-,32-,33-,34-,35-/m0/s1. The van der Waals surface area contributed by atoms with Gasteiger partial charge in [0.2, 0.25) is 53.2 Å². The summed E-state index contributed by atoms with van der Waals surface area (Å²) in [4.78, 5) is 137. The van der Waals surface area contributed by atoms with E-state index in [9.17, 15) is 48.3 Å². The zero-order valence-electron chi connectivity index (χ0n) is 41.0. The van der Waals surface area contributed by atoms with Gasteiger partial charge in [0.05, 0.1) is 12.9 Å². The SMILES string of the molecule is CC(=O)N[C@@H](CCCN=C(N)N)C(=O)N[C@@H](Cc1cnc[nH]1)C(=O)N1CCC[C@H]1C(=O)N[C@@H](CO)C(=O)N[C@@H](Cc1ccccc1)C(=O)N[C@H](C(=O)N[C@@H](CCCN=C(N)N)C(=O)N[C@@H](C)C(N)=O)C(C)C. The van der Waals surface area contributed by atoms with E-state index in [1.165, 1.54) is 31.3 Å². The quantitative estimate of drug-likeness (QED) is 0.0206.